The summed E-state index contributed by atoms with van der Waals surface area (Å²) in [4.78, 5) is 17.5. The van der Waals surface area contributed by atoms with Gasteiger partial charge in [-0.05, 0) is 0 Å². The van der Waals surface area contributed by atoms with Gasteiger partial charge in [0.1, 0.15) is 0 Å². The Balaban J connectivity index is -0.0000000279. The van der Waals surface area contributed by atoms with E-state index in [-0.39, 0.29) is 18.5 Å². The van der Waals surface area contributed by atoms with Crippen LogP contribution in [0.5, 0.6) is 0 Å². The van der Waals surface area contributed by atoms with Crippen LogP contribution in [0.25, 0.3) is 0 Å². The van der Waals surface area contributed by atoms with Gasteiger partial charge in [-0.1, -0.05) is 0 Å². The van der Waals surface area contributed by atoms with E-state index in [9.17, 15) is 8.78 Å². The topological polar surface area (TPSA) is 200 Å². The maximum atomic E-state index is 10.5. The molecule has 0 heterocycles. The molecule has 12 N–H and O–H groups in total. The van der Waals surface area contributed by atoms with Crippen molar-refractivity contribution in [2.24, 2.45) is 0 Å². The molecule has 8 nitrogen and oxygen atoms in total. The quantitative estimate of drug-likeness (QED) is 0.168. The summed E-state index contributed by atoms with van der Waals surface area (Å²) in [5.41, 5.74) is 0. The molecule has 11 heteroatoms. The summed E-state index contributed by atoms with van der Waals surface area (Å²) in [7, 11) is -2.17. The number of carbonyl (C=O) groups excluding carboxylic acids is 2. The van der Waals surface area contributed by atoms with Crippen molar-refractivity contribution in [1.82, 2.24) is 18.5 Å². The minimum atomic E-state index is -2.55. The summed E-state index contributed by atoms with van der Waals surface area (Å²) in [5.74, 6) is 0. The number of hydrogen-bond donors (Lipinski definition) is 6. The van der Waals surface area contributed by atoms with Crippen molar-refractivity contribution >= 4 is 19.4 Å². The molecule has 0 aliphatic carbocycles. The van der Waals surface area contributed by atoms with E-state index in [1.807, 2.05) is 0 Å². The Hall–Kier alpha value is -0.975. The van der Waals surface area contributed by atoms with E-state index in [4.69, 9.17) is 24.7 Å². The van der Waals surface area contributed by atoms with E-state index >= 15 is 0 Å². The Bertz CT molecular complexity index is 120. The number of rotatable bonds is 1. The smallest absolute Gasteiger partial charge is 0.402 e. The van der Waals surface area contributed by atoms with Crippen LogP contribution in [-0.4, -0.2) is 34.5 Å². The second-order valence-electron chi connectivity index (χ2n) is 0.894. The van der Waals surface area contributed by atoms with Gasteiger partial charge in [0.25, 0.3) is 0 Å². The van der Waals surface area contributed by atoms with Crippen molar-refractivity contribution in [2.45, 2.75) is 0 Å². The molecule has 0 atom stereocenters. The van der Waals surface area contributed by atoms with E-state index in [0.717, 1.165) is 0 Å². The van der Waals surface area contributed by atoms with Gasteiger partial charge in [-0.3, -0.25) is 0 Å². The Labute approximate surface area is 72.5 Å². The first-order chi connectivity index (χ1) is 4.37. The normalized spacial score (nSPS) is 5.62. The number of carbonyl (C=O) groups is 2. The summed E-state index contributed by atoms with van der Waals surface area (Å²) in [6.45, 7) is 0. The van der Waals surface area contributed by atoms with E-state index in [1.54, 1.807) is 0 Å². The third-order valence-electron chi connectivity index (χ3n) is 0.155. The number of hydrogen-bond acceptors (Lipinski definition) is 8. The molecular weight excluding hydrogens is 195 g/mol. The van der Waals surface area contributed by atoms with Crippen molar-refractivity contribution in [3.8, 4) is 0 Å². The summed E-state index contributed by atoms with van der Waals surface area (Å²) in [6, 6.07) is -5.09. The minimum Gasteiger partial charge on any atom is -0.402 e. The summed E-state index contributed by atoms with van der Waals surface area (Å²) in [5, 5.41) is 21.5. The lowest BCUT2D eigenvalue weighted by molar-refractivity contribution is -0.149. The zero-order valence-corrected chi connectivity index (χ0v) is 6.61. The summed E-state index contributed by atoms with van der Waals surface area (Å²) < 4.78 is 20.9. The van der Waals surface area contributed by atoms with Crippen LogP contribution < -0.4 is 18.5 Å². The van der Waals surface area contributed by atoms with Crippen LogP contribution in [0.15, 0.2) is 0 Å². The minimum absolute atomic E-state index is 0. The lowest BCUT2D eigenvalue weighted by atomic mass is 10.3. The van der Waals surface area contributed by atoms with Gasteiger partial charge in [0, 0.05) is 0 Å². The zero-order valence-electron chi connectivity index (χ0n) is 6.61. The number of halogens is 2. The first-order valence-electron chi connectivity index (χ1n) is 1.81. The molecule has 0 aromatic heterocycles. The molecule has 0 aromatic rings. The molecule has 13 heavy (non-hydrogen) atoms. The Kier molecular flexibility index (Phi) is 39.2. The van der Waals surface area contributed by atoms with Gasteiger partial charge in [0.15, 0.2) is 0 Å². The largest absolute Gasteiger partial charge is 0.631 e. The lowest BCUT2D eigenvalue weighted by Gasteiger charge is -1.69. The molecule has 0 aliphatic heterocycles. The van der Waals surface area contributed by atoms with Gasteiger partial charge in [-0.2, -0.15) is 8.78 Å². The average Bonchev–Trinajstić information content (AvgIpc) is 1.63. The molecule has 0 amide bonds. The van der Waals surface area contributed by atoms with Crippen molar-refractivity contribution in [2.75, 3.05) is 0 Å². The molecule has 82 valence electrons. The second-order valence-corrected chi connectivity index (χ2v) is 0.894. The first-order valence-corrected chi connectivity index (χ1v) is 1.81. The Morgan fingerprint density at radius 2 is 0.923 bits per heavy atom. The van der Waals surface area contributed by atoms with Crippen LogP contribution in [-0.2, 0) is 9.59 Å². The Morgan fingerprint density at radius 1 is 0.846 bits per heavy atom. The highest BCUT2D eigenvalue weighted by Gasteiger charge is 2.07. The van der Waals surface area contributed by atoms with Gasteiger partial charge < -0.3 is 33.5 Å². The van der Waals surface area contributed by atoms with Crippen LogP contribution in [0.2, 0.25) is 0 Å². The molecule has 0 bridgehead atoms. The second kappa shape index (κ2) is 17.2. The van der Waals surface area contributed by atoms with Crippen molar-refractivity contribution < 1.29 is 33.4 Å². The average molecular weight is 207 g/mol. The van der Waals surface area contributed by atoms with Gasteiger partial charge in [-0.15, -0.1) is 0 Å². The van der Waals surface area contributed by atoms with E-state index in [0.29, 0.717) is 0 Å². The van der Waals surface area contributed by atoms with Gasteiger partial charge in [-0.25, -0.2) is 9.59 Å². The van der Waals surface area contributed by atoms with Crippen LogP contribution in [0.3, 0.4) is 0 Å². The van der Waals surface area contributed by atoms with Crippen molar-refractivity contribution in [3.05, 3.63) is 0 Å². The first kappa shape index (κ1) is 29.6. The van der Waals surface area contributed by atoms with Crippen LogP contribution in [0.1, 0.15) is 0 Å². The molecule has 0 unspecified atom stereocenters. The predicted molar refractivity (Wildman–Crippen MR) is 39.7 cm³/mol. The standard InChI is InChI=1S/C2F2O2.BH3O3.3H3N/c3-1(5)2(4)6;2-1(3)4;;;/h;2-4H;3*1H3. The fourth-order valence-corrected chi connectivity index (χ4v) is 0. The third-order valence-corrected chi connectivity index (χ3v) is 0.155. The lowest BCUT2D eigenvalue weighted by Crippen LogP contribution is -2.07. The molecule has 0 rings (SSSR count). The highest BCUT2D eigenvalue weighted by Crippen LogP contribution is 1.74. The summed E-state index contributed by atoms with van der Waals surface area (Å²) >= 11 is 0. The molecular formula is C2H12BF2N3O5. The molecule has 0 saturated heterocycles. The summed E-state index contributed by atoms with van der Waals surface area (Å²) in [6.07, 6.45) is 0. The maximum absolute atomic E-state index is 10.5. The fourth-order valence-electron chi connectivity index (χ4n) is 0. The molecule has 0 fully saturated rings. The van der Waals surface area contributed by atoms with E-state index in [2.05, 4.69) is 0 Å². The van der Waals surface area contributed by atoms with Crippen molar-refractivity contribution in [3.63, 3.8) is 0 Å². The molecule has 0 spiro atoms. The molecule has 0 aromatic carbocycles. The zero-order chi connectivity index (χ0) is 8.73. The van der Waals surface area contributed by atoms with Crippen LogP contribution >= 0.6 is 0 Å². The van der Waals surface area contributed by atoms with Crippen LogP contribution in [0.4, 0.5) is 8.78 Å². The third kappa shape index (κ3) is 98.1. The van der Waals surface area contributed by atoms with E-state index < -0.39 is 19.4 Å². The van der Waals surface area contributed by atoms with E-state index in [1.165, 1.54) is 0 Å². The molecule has 0 aliphatic rings. The SMILES string of the molecule is N.N.N.O=C(F)C(=O)F.OB(O)O. The van der Waals surface area contributed by atoms with Gasteiger partial charge in [0.2, 0.25) is 0 Å². The fraction of sp³-hybridized carbons (Fsp3) is 0. The molecule has 0 saturated carbocycles. The van der Waals surface area contributed by atoms with Gasteiger partial charge >= 0.3 is 19.4 Å². The highest BCUT2D eigenvalue weighted by atomic mass is 19.2. The monoisotopic (exact) mass is 207 g/mol. The maximum Gasteiger partial charge on any atom is 0.631 e. The predicted octanol–water partition coefficient (Wildman–Crippen LogP) is -1.59. The highest BCUT2D eigenvalue weighted by molar-refractivity contribution is 6.30. The Morgan fingerprint density at radius 3 is 0.923 bits per heavy atom. The van der Waals surface area contributed by atoms with Crippen LogP contribution in [0, 0.1) is 0 Å². The van der Waals surface area contributed by atoms with Crippen molar-refractivity contribution in [1.29, 1.82) is 0 Å². The van der Waals surface area contributed by atoms with Gasteiger partial charge in [0.05, 0.1) is 0 Å². The molecule has 0 radical (unpaired) electrons.